The van der Waals surface area contributed by atoms with Crippen molar-refractivity contribution >= 4 is 17.5 Å². The predicted molar refractivity (Wildman–Crippen MR) is 79.2 cm³/mol. The number of alkyl halides is 1. The Morgan fingerprint density at radius 2 is 2.11 bits per heavy atom. The number of nitrogens with one attached hydrogen (secondary N) is 1. The molecule has 0 saturated heterocycles. The molecule has 0 heterocycles. The van der Waals surface area contributed by atoms with Crippen molar-refractivity contribution in [1.29, 1.82) is 0 Å². The zero-order valence-corrected chi connectivity index (χ0v) is 12.8. The van der Waals surface area contributed by atoms with Crippen molar-refractivity contribution < 1.29 is 9.53 Å². The fraction of sp³-hybridized carbons (Fsp3) is 0.533. The van der Waals surface area contributed by atoms with Crippen molar-refractivity contribution in [2.24, 2.45) is 5.92 Å². The predicted octanol–water partition coefficient (Wildman–Crippen LogP) is 3.39. The number of hydrogen-bond acceptors (Lipinski definition) is 2. The monoisotopic (exact) mass is 283 g/mol. The van der Waals surface area contributed by atoms with E-state index in [1.165, 1.54) is 0 Å². The van der Waals surface area contributed by atoms with Crippen LogP contribution in [0.3, 0.4) is 0 Å². The summed E-state index contributed by atoms with van der Waals surface area (Å²) >= 11 is 5.89. The van der Waals surface area contributed by atoms with E-state index < -0.39 is 0 Å². The molecule has 0 radical (unpaired) electrons. The number of hydrogen-bond donors (Lipinski definition) is 1. The SMILES string of the molecule is COc1cc(C(=O)NC(CCl)CC(C)C)ccc1C. The first-order valence-electron chi connectivity index (χ1n) is 6.49. The van der Waals surface area contributed by atoms with Crippen LogP contribution < -0.4 is 10.1 Å². The number of methoxy groups -OCH3 is 1. The average Bonchev–Trinajstić information content (AvgIpc) is 2.37. The van der Waals surface area contributed by atoms with Gasteiger partial charge in [-0.25, -0.2) is 0 Å². The van der Waals surface area contributed by atoms with E-state index in [0.29, 0.717) is 17.4 Å². The van der Waals surface area contributed by atoms with Gasteiger partial charge < -0.3 is 10.1 Å². The van der Waals surface area contributed by atoms with E-state index in [9.17, 15) is 4.79 Å². The molecule has 0 spiro atoms. The zero-order chi connectivity index (χ0) is 14.4. The van der Waals surface area contributed by atoms with Gasteiger partial charge in [0.1, 0.15) is 5.75 Å². The molecule has 1 unspecified atom stereocenters. The molecular formula is C15H22ClNO2. The molecule has 0 saturated carbocycles. The Balaban J connectivity index is 2.77. The van der Waals surface area contributed by atoms with Gasteiger partial charge in [0, 0.05) is 17.5 Å². The van der Waals surface area contributed by atoms with Crippen molar-refractivity contribution in [1.82, 2.24) is 5.32 Å². The molecule has 0 aliphatic heterocycles. The van der Waals surface area contributed by atoms with Gasteiger partial charge in [0.25, 0.3) is 5.91 Å². The molecule has 19 heavy (non-hydrogen) atoms. The van der Waals surface area contributed by atoms with E-state index >= 15 is 0 Å². The van der Waals surface area contributed by atoms with Gasteiger partial charge in [-0.1, -0.05) is 19.9 Å². The molecule has 1 amide bonds. The molecule has 1 rings (SSSR count). The Morgan fingerprint density at radius 3 is 2.63 bits per heavy atom. The van der Waals surface area contributed by atoms with Gasteiger partial charge >= 0.3 is 0 Å². The summed E-state index contributed by atoms with van der Waals surface area (Å²) in [5.74, 6) is 1.53. The van der Waals surface area contributed by atoms with Gasteiger partial charge in [0.15, 0.2) is 0 Å². The third kappa shape index (κ3) is 4.75. The normalized spacial score (nSPS) is 12.3. The van der Waals surface area contributed by atoms with Crippen LogP contribution in [0.4, 0.5) is 0 Å². The number of halogens is 1. The van der Waals surface area contributed by atoms with Crippen LogP contribution >= 0.6 is 11.6 Å². The maximum Gasteiger partial charge on any atom is 0.251 e. The average molecular weight is 284 g/mol. The molecule has 3 nitrogen and oxygen atoms in total. The number of aryl methyl sites for hydroxylation is 1. The smallest absolute Gasteiger partial charge is 0.251 e. The summed E-state index contributed by atoms with van der Waals surface area (Å²) in [7, 11) is 1.60. The van der Waals surface area contributed by atoms with E-state index in [4.69, 9.17) is 16.3 Å². The third-order valence-corrected chi connectivity index (χ3v) is 3.32. The molecule has 1 N–H and O–H groups in total. The summed E-state index contributed by atoms with van der Waals surface area (Å²) in [6.45, 7) is 6.17. The lowest BCUT2D eigenvalue weighted by Crippen LogP contribution is -2.37. The van der Waals surface area contributed by atoms with Gasteiger partial charge in [-0.2, -0.15) is 0 Å². The first-order valence-corrected chi connectivity index (χ1v) is 7.02. The molecule has 0 bridgehead atoms. The second-order valence-corrected chi connectivity index (χ2v) is 5.45. The topological polar surface area (TPSA) is 38.3 Å². The highest BCUT2D eigenvalue weighted by Gasteiger charge is 2.15. The summed E-state index contributed by atoms with van der Waals surface area (Å²) in [6, 6.07) is 5.44. The minimum atomic E-state index is -0.107. The molecule has 0 aliphatic rings. The van der Waals surface area contributed by atoms with E-state index in [-0.39, 0.29) is 11.9 Å². The Morgan fingerprint density at radius 1 is 1.42 bits per heavy atom. The highest BCUT2D eigenvalue weighted by Crippen LogP contribution is 2.19. The molecule has 4 heteroatoms. The van der Waals surface area contributed by atoms with Crippen LogP contribution in [0.15, 0.2) is 18.2 Å². The van der Waals surface area contributed by atoms with Crippen LogP contribution in [0.5, 0.6) is 5.75 Å². The molecule has 1 aromatic rings. The van der Waals surface area contributed by atoms with Crippen molar-refractivity contribution in [2.45, 2.75) is 33.2 Å². The fourth-order valence-electron chi connectivity index (χ4n) is 1.96. The van der Waals surface area contributed by atoms with Gasteiger partial charge in [0.05, 0.1) is 7.11 Å². The Kier molecular flexibility index (Phi) is 6.16. The molecule has 106 valence electrons. The van der Waals surface area contributed by atoms with Crippen LogP contribution in [0, 0.1) is 12.8 Å². The maximum atomic E-state index is 12.1. The minimum Gasteiger partial charge on any atom is -0.496 e. The van der Waals surface area contributed by atoms with Crippen molar-refractivity contribution in [3.63, 3.8) is 0 Å². The van der Waals surface area contributed by atoms with E-state index in [0.717, 1.165) is 17.7 Å². The second kappa shape index (κ2) is 7.39. The highest BCUT2D eigenvalue weighted by atomic mass is 35.5. The van der Waals surface area contributed by atoms with Gasteiger partial charge in [-0.3, -0.25) is 4.79 Å². The number of rotatable bonds is 6. The molecule has 0 fully saturated rings. The first kappa shape index (κ1) is 15.8. The molecule has 0 aliphatic carbocycles. The van der Waals surface area contributed by atoms with Crippen LogP contribution in [0.1, 0.15) is 36.2 Å². The lowest BCUT2D eigenvalue weighted by atomic mass is 10.0. The Bertz CT molecular complexity index is 432. The molecular weight excluding hydrogens is 262 g/mol. The molecule has 1 atom stereocenters. The van der Waals surface area contributed by atoms with Crippen molar-refractivity contribution in [2.75, 3.05) is 13.0 Å². The number of amides is 1. The maximum absolute atomic E-state index is 12.1. The minimum absolute atomic E-state index is 0.00136. The zero-order valence-electron chi connectivity index (χ0n) is 12.0. The van der Waals surface area contributed by atoms with Gasteiger partial charge in [0.2, 0.25) is 0 Å². The number of ether oxygens (including phenoxy) is 1. The van der Waals surface area contributed by atoms with E-state index in [2.05, 4.69) is 19.2 Å². The first-order chi connectivity index (χ1) is 8.97. The summed E-state index contributed by atoms with van der Waals surface area (Å²) in [5, 5.41) is 2.96. The van der Waals surface area contributed by atoms with Crippen molar-refractivity contribution in [3.05, 3.63) is 29.3 Å². The third-order valence-electron chi connectivity index (χ3n) is 2.95. The number of benzene rings is 1. The van der Waals surface area contributed by atoms with Crippen LogP contribution in [-0.2, 0) is 0 Å². The van der Waals surface area contributed by atoms with Crippen LogP contribution in [0.2, 0.25) is 0 Å². The molecule has 1 aromatic carbocycles. The lowest BCUT2D eigenvalue weighted by Gasteiger charge is -2.18. The summed E-state index contributed by atoms with van der Waals surface area (Å²) in [6.07, 6.45) is 0.873. The Hall–Kier alpha value is -1.22. The lowest BCUT2D eigenvalue weighted by molar-refractivity contribution is 0.0936. The van der Waals surface area contributed by atoms with Gasteiger partial charge in [-0.15, -0.1) is 11.6 Å². The Labute approximate surface area is 120 Å². The largest absolute Gasteiger partial charge is 0.496 e. The van der Waals surface area contributed by atoms with Gasteiger partial charge in [-0.05, 0) is 37.0 Å². The number of carbonyl (C=O) groups is 1. The summed E-state index contributed by atoms with van der Waals surface area (Å²) < 4.78 is 5.23. The van der Waals surface area contributed by atoms with Crippen molar-refractivity contribution in [3.8, 4) is 5.75 Å². The van der Waals surface area contributed by atoms with E-state index in [1.807, 2.05) is 13.0 Å². The molecule has 0 aromatic heterocycles. The number of carbonyl (C=O) groups excluding carboxylic acids is 1. The van der Waals surface area contributed by atoms with Crippen LogP contribution in [-0.4, -0.2) is 24.9 Å². The standard InChI is InChI=1S/C15H22ClNO2/c1-10(2)7-13(9-16)17-15(18)12-6-5-11(3)14(8-12)19-4/h5-6,8,10,13H,7,9H2,1-4H3,(H,17,18). The fourth-order valence-corrected chi connectivity index (χ4v) is 2.16. The second-order valence-electron chi connectivity index (χ2n) is 5.14. The van der Waals surface area contributed by atoms with E-state index in [1.54, 1.807) is 19.2 Å². The van der Waals surface area contributed by atoms with Crippen LogP contribution in [0.25, 0.3) is 0 Å². The highest BCUT2D eigenvalue weighted by molar-refractivity contribution is 6.18. The summed E-state index contributed by atoms with van der Waals surface area (Å²) in [4.78, 5) is 12.1. The quantitative estimate of drug-likeness (QED) is 0.813. The summed E-state index contributed by atoms with van der Waals surface area (Å²) in [5.41, 5.74) is 1.61.